The van der Waals surface area contributed by atoms with E-state index in [1.54, 1.807) is 0 Å². The van der Waals surface area contributed by atoms with Crippen LogP contribution in [0.4, 0.5) is 0 Å². The second kappa shape index (κ2) is 6.02. The first kappa shape index (κ1) is 12.4. The number of hydrogen-bond acceptors (Lipinski definition) is 5. The van der Waals surface area contributed by atoms with Crippen LogP contribution in [0.3, 0.4) is 0 Å². The van der Waals surface area contributed by atoms with Crippen molar-refractivity contribution in [3.8, 4) is 17.2 Å². The fourth-order valence-electron chi connectivity index (χ4n) is 1.61. The summed E-state index contributed by atoms with van der Waals surface area (Å²) in [6.45, 7) is 3.53. The van der Waals surface area contributed by atoms with E-state index < -0.39 is 0 Å². The van der Waals surface area contributed by atoms with Crippen molar-refractivity contribution >= 4 is 11.8 Å². The maximum Gasteiger partial charge on any atom is 0.231 e. The first-order valence-electron chi connectivity index (χ1n) is 5.68. The molecule has 0 fully saturated rings. The number of rotatable bonds is 6. The van der Waals surface area contributed by atoms with Crippen molar-refractivity contribution in [2.75, 3.05) is 24.9 Å². The van der Waals surface area contributed by atoms with Crippen molar-refractivity contribution in [1.29, 1.82) is 0 Å². The lowest BCUT2D eigenvalue weighted by Gasteiger charge is -2.11. The molecule has 4 nitrogen and oxygen atoms in total. The third-order valence-corrected chi connectivity index (χ3v) is 3.33. The van der Waals surface area contributed by atoms with Gasteiger partial charge < -0.3 is 19.9 Å². The van der Waals surface area contributed by atoms with Gasteiger partial charge in [-0.1, -0.05) is 6.92 Å². The molecule has 0 aromatic heterocycles. The molecule has 2 rings (SSSR count). The quantitative estimate of drug-likeness (QED) is 0.788. The van der Waals surface area contributed by atoms with Gasteiger partial charge in [0.25, 0.3) is 0 Å². The van der Waals surface area contributed by atoms with Gasteiger partial charge in [-0.2, -0.15) is 11.8 Å². The van der Waals surface area contributed by atoms with Crippen LogP contribution in [0.2, 0.25) is 0 Å². The molecule has 1 aromatic rings. The third kappa shape index (κ3) is 2.98. The minimum Gasteiger partial charge on any atom is -0.492 e. The lowest BCUT2D eigenvalue weighted by Crippen LogP contribution is -2.05. The SMILES string of the molecule is CCSCCOc1cc2c(cc1CN)OCO2. The molecule has 0 bridgehead atoms. The summed E-state index contributed by atoms with van der Waals surface area (Å²) < 4.78 is 16.3. The monoisotopic (exact) mass is 255 g/mol. The first-order valence-corrected chi connectivity index (χ1v) is 6.83. The zero-order valence-electron chi connectivity index (χ0n) is 9.90. The first-order chi connectivity index (χ1) is 8.35. The summed E-state index contributed by atoms with van der Waals surface area (Å²) >= 11 is 1.85. The van der Waals surface area contributed by atoms with Crippen LogP contribution in [0.25, 0.3) is 0 Å². The van der Waals surface area contributed by atoms with Gasteiger partial charge in [0.05, 0.1) is 6.61 Å². The molecule has 0 amide bonds. The Balaban J connectivity index is 2.04. The molecule has 1 aromatic carbocycles. The van der Waals surface area contributed by atoms with Crippen molar-refractivity contribution in [3.63, 3.8) is 0 Å². The molecular weight excluding hydrogens is 238 g/mol. The predicted molar refractivity (Wildman–Crippen MR) is 69.0 cm³/mol. The normalized spacial score (nSPS) is 12.8. The number of hydrogen-bond donors (Lipinski definition) is 1. The zero-order valence-corrected chi connectivity index (χ0v) is 10.7. The lowest BCUT2D eigenvalue weighted by molar-refractivity contribution is 0.173. The van der Waals surface area contributed by atoms with E-state index in [1.165, 1.54) is 0 Å². The lowest BCUT2D eigenvalue weighted by atomic mass is 10.2. The summed E-state index contributed by atoms with van der Waals surface area (Å²) in [5.41, 5.74) is 6.65. The van der Waals surface area contributed by atoms with Crippen LogP contribution in [0.5, 0.6) is 17.2 Å². The van der Waals surface area contributed by atoms with Crippen LogP contribution < -0.4 is 19.9 Å². The van der Waals surface area contributed by atoms with Gasteiger partial charge in [-0.15, -0.1) is 0 Å². The van der Waals surface area contributed by atoms with Crippen LogP contribution in [0.1, 0.15) is 12.5 Å². The molecule has 0 spiro atoms. The van der Waals surface area contributed by atoms with Gasteiger partial charge in [-0.3, -0.25) is 0 Å². The summed E-state index contributed by atoms with van der Waals surface area (Å²) in [6, 6.07) is 3.76. The Morgan fingerprint density at radius 1 is 1.35 bits per heavy atom. The molecule has 17 heavy (non-hydrogen) atoms. The molecule has 94 valence electrons. The summed E-state index contributed by atoms with van der Waals surface area (Å²) in [4.78, 5) is 0. The standard InChI is InChI=1S/C12H17NO3S/c1-2-17-4-3-14-10-6-12-11(15-8-16-12)5-9(10)7-13/h5-6H,2-4,7-8,13H2,1H3. The second-order valence-electron chi connectivity index (χ2n) is 3.56. The van der Waals surface area contributed by atoms with Gasteiger partial charge in [0.1, 0.15) is 5.75 Å². The van der Waals surface area contributed by atoms with Gasteiger partial charge in [-0.05, 0) is 11.8 Å². The summed E-state index contributed by atoms with van der Waals surface area (Å²) in [6.07, 6.45) is 0. The van der Waals surface area contributed by atoms with E-state index in [1.807, 2.05) is 23.9 Å². The van der Waals surface area contributed by atoms with E-state index in [0.717, 1.165) is 34.3 Å². The van der Waals surface area contributed by atoms with E-state index in [0.29, 0.717) is 13.2 Å². The van der Waals surface area contributed by atoms with Crippen LogP contribution >= 0.6 is 11.8 Å². The predicted octanol–water partition coefficient (Wildman–Crippen LogP) is 2.01. The van der Waals surface area contributed by atoms with E-state index in [9.17, 15) is 0 Å². The minimum atomic E-state index is 0.272. The molecule has 0 saturated carbocycles. The van der Waals surface area contributed by atoms with Crippen molar-refractivity contribution in [3.05, 3.63) is 17.7 Å². The highest BCUT2D eigenvalue weighted by Gasteiger charge is 2.17. The number of ether oxygens (including phenoxy) is 3. The molecule has 1 heterocycles. The molecule has 5 heteroatoms. The fourth-order valence-corrected chi connectivity index (χ4v) is 2.10. The second-order valence-corrected chi connectivity index (χ2v) is 4.96. The number of thioether (sulfide) groups is 1. The maximum absolute atomic E-state index is 5.72. The van der Waals surface area contributed by atoms with Gasteiger partial charge in [0.15, 0.2) is 11.5 Å². The van der Waals surface area contributed by atoms with E-state index >= 15 is 0 Å². The molecule has 1 aliphatic heterocycles. The molecule has 2 N–H and O–H groups in total. The number of nitrogens with two attached hydrogens (primary N) is 1. The van der Waals surface area contributed by atoms with Crippen LogP contribution in [-0.4, -0.2) is 24.9 Å². The zero-order chi connectivity index (χ0) is 12.1. The van der Waals surface area contributed by atoms with Crippen LogP contribution in [0, 0.1) is 0 Å². The molecule has 0 atom stereocenters. The maximum atomic E-state index is 5.72. The molecule has 0 radical (unpaired) electrons. The summed E-state index contributed by atoms with van der Waals surface area (Å²) in [5.74, 6) is 4.37. The largest absolute Gasteiger partial charge is 0.492 e. The van der Waals surface area contributed by atoms with Crippen LogP contribution in [-0.2, 0) is 6.54 Å². The molecule has 0 saturated heterocycles. The van der Waals surface area contributed by atoms with Crippen molar-refractivity contribution in [1.82, 2.24) is 0 Å². The van der Waals surface area contributed by atoms with Crippen molar-refractivity contribution in [2.24, 2.45) is 5.73 Å². The average molecular weight is 255 g/mol. The Labute approximate surface area is 105 Å². The summed E-state index contributed by atoms with van der Waals surface area (Å²) in [7, 11) is 0. The average Bonchev–Trinajstić information content (AvgIpc) is 2.80. The van der Waals surface area contributed by atoms with Gasteiger partial charge >= 0.3 is 0 Å². The molecular formula is C12H17NO3S. The number of benzene rings is 1. The fraction of sp³-hybridized carbons (Fsp3) is 0.500. The highest BCUT2D eigenvalue weighted by Crippen LogP contribution is 2.38. The van der Waals surface area contributed by atoms with E-state index in [4.69, 9.17) is 19.9 Å². The van der Waals surface area contributed by atoms with Crippen molar-refractivity contribution in [2.45, 2.75) is 13.5 Å². The molecule has 0 aliphatic carbocycles. The summed E-state index contributed by atoms with van der Waals surface area (Å²) in [5, 5.41) is 0. The number of fused-ring (bicyclic) bond motifs is 1. The third-order valence-electron chi connectivity index (χ3n) is 2.46. The minimum absolute atomic E-state index is 0.272. The Morgan fingerprint density at radius 2 is 2.12 bits per heavy atom. The van der Waals surface area contributed by atoms with Gasteiger partial charge in [0.2, 0.25) is 6.79 Å². The van der Waals surface area contributed by atoms with E-state index in [2.05, 4.69) is 6.92 Å². The van der Waals surface area contributed by atoms with Gasteiger partial charge in [-0.25, -0.2) is 0 Å². The smallest absolute Gasteiger partial charge is 0.231 e. The Kier molecular flexibility index (Phi) is 4.39. The van der Waals surface area contributed by atoms with Crippen LogP contribution in [0.15, 0.2) is 12.1 Å². The highest BCUT2D eigenvalue weighted by atomic mass is 32.2. The molecule has 0 unspecified atom stereocenters. The van der Waals surface area contributed by atoms with Gasteiger partial charge in [0, 0.05) is 23.9 Å². The Bertz CT molecular complexity index is 384. The van der Waals surface area contributed by atoms with Crippen molar-refractivity contribution < 1.29 is 14.2 Å². The Morgan fingerprint density at radius 3 is 2.82 bits per heavy atom. The topological polar surface area (TPSA) is 53.7 Å². The molecule has 1 aliphatic rings. The highest BCUT2D eigenvalue weighted by molar-refractivity contribution is 7.99. The van der Waals surface area contributed by atoms with E-state index in [-0.39, 0.29) is 6.79 Å². The Hall–Kier alpha value is -1.07.